The molecule has 19 heavy (non-hydrogen) atoms. The molecule has 1 aromatic carbocycles. The maximum Gasteiger partial charge on any atom is 0.219 e. The fourth-order valence-corrected chi connectivity index (χ4v) is 2.50. The Kier molecular flexibility index (Phi) is 4.37. The molecule has 1 aliphatic heterocycles. The highest BCUT2D eigenvalue weighted by atomic mass is 19.1. The van der Waals surface area contributed by atoms with Crippen LogP contribution in [-0.2, 0) is 11.4 Å². The smallest absolute Gasteiger partial charge is 0.219 e. The summed E-state index contributed by atoms with van der Waals surface area (Å²) in [6.45, 7) is 3.95. The van der Waals surface area contributed by atoms with E-state index in [0.717, 1.165) is 6.42 Å². The molecule has 0 bridgehead atoms. The van der Waals surface area contributed by atoms with Crippen LogP contribution in [0.2, 0.25) is 0 Å². The summed E-state index contributed by atoms with van der Waals surface area (Å²) in [7, 11) is 0. The number of halogens is 1. The largest absolute Gasteiger partial charge is 0.392 e. The second-order valence-electron chi connectivity index (χ2n) is 4.75. The van der Waals surface area contributed by atoms with E-state index >= 15 is 0 Å². The molecular weight excluding hydrogens is 247 g/mol. The van der Waals surface area contributed by atoms with Crippen molar-refractivity contribution in [1.29, 1.82) is 0 Å². The van der Waals surface area contributed by atoms with Crippen molar-refractivity contribution in [2.75, 3.05) is 31.1 Å². The summed E-state index contributed by atoms with van der Waals surface area (Å²) in [6, 6.07) is 4.73. The summed E-state index contributed by atoms with van der Waals surface area (Å²) < 4.78 is 14.0. The summed E-state index contributed by atoms with van der Waals surface area (Å²) in [5.41, 5.74) is 1.06. The Morgan fingerprint density at radius 3 is 2.79 bits per heavy atom. The van der Waals surface area contributed by atoms with Crippen molar-refractivity contribution in [2.45, 2.75) is 20.0 Å². The zero-order valence-corrected chi connectivity index (χ0v) is 11.1. The number of aliphatic hydroxyl groups is 1. The van der Waals surface area contributed by atoms with Gasteiger partial charge in [0.05, 0.1) is 12.3 Å². The molecule has 0 saturated carbocycles. The van der Waals surface area contributed by atoms with Gasteiger partial charge in [-0.15, -0.1) is 0 Å². The second kappa shape index (κ2) is 6.02. The van der Waals surface area contributed by atoms with Gasteiger partial charge in [0.2, 0.25) is 5.91 Å². The van der Waals surface area contributed by atoms with Crippen molar-refractivity contribution in [3.63, 3.8) is 0 Å². The number of aliphatic hydroxyl groups excluding tert-OH is 1. The molecule has 0 aromatic heterocycles. The van der Waals surface area contributed by atoms with Crippen LogP contribution in [0.3, 0.4) is 0 Å². The molecule has 104 valence electrons. The van der Waals surface area contributed by atoms with Crippen molar-refractivity contribution in [2.24, 2.45) is 0 Å². The molecule has 0 spiro atoms. The lowest BCUT2D eigenvalue weighted by Gasteiger charge is -2.25. The van der Waals surface area contributed by atoms with E-state index < -0.39 is 0 Å². The lowest BCUT2D eigenvalue weighted by molar-refractivity contribution is -0.128. The van der Waals surface area contributed by atoms with E-state index in [1.54, 1.807) is 24.0 Å². The predicted octanol–water partition coefficient (Wildman–Crippen LogP) is 1.38. The molecule has 1 aliphatic rings. The summed E-state index contributed by atoms with van der Waals surface area (Å²) in [4.78, 5) is 15.1. The fraction of sp³-hybridized carbons (Fsp3) is 0.500. The van der Waals surface area contributed by atoms with Gasteiger partial charge in [-0.1, -0.05) is 12.1 Å². The molecule has 1 fully saturated rings. The molecular formula is C14H19FN2O2. The third-order valence-electron chi connectivity index (χ3n) is 3.50. The lowest BCUT2D eigenvalue weighted by Crippen LogP contribution is -2.34. The number of rotatable bonds is 2. The first-order valence-corrected chi connectivity index (χ1v) is 6.52. The van der Waals surface area contributed by atoms with Crippen molar-refractivity contribution < 1.29 is 14.3 Å². The number of amides is 1. The topological polar surface area (TPSA) is 43.8 Å². The summed E-state index contributed by atoms with van der Waals surface area (Å²) in [5.74, 6) is -0.263. The SMILES string of the molecule is CC(=O)N1CCCN(c2c(F)cccc2CO)CC1. The highest BCUT2D eigenvalue weighted by Crippen LogP contribution is 2.25. The van der Waals surface area contributed by atoms with Gasteiger partial charge in [0.1, 0.15) is 5.82 Å². The van der Waals surface area contributed by atoms with Crippen LogP contribution >= 0.6 is 0 Å². The van der Waals surface area contributed by atoms with E-state index in [-0.39, 0.29) is 18.3 Å². The monoisotopic (exact) mass is 266 g/mol. The van der Waals surface area contributed by atoms with Crippen LogP contribution in [0, 0.1) is 5.82 Å². The number of nitrogens with zero attached hydrogens (tertiary/aromatic N) is 2. The molecule has 2 rings (SSSR count). The van der Waals surface area contributed by atoms with E-state index in [2.05, 4.69) is 0 Å². The minimum absolute atomic E-state index is 0.0535. The van der Waals surface area contributed by atoms with Crippen LogP contribution in [0.15, 0.2) is 18.2 Å². The zero-order chi connectivity index (χ0) is 13.8. The average molecular weight is 266 g/mol. The first kappa shape index (κ1) is 13.8. The lowest BCUT2D eigenvalue weighted by atomic mass is 10.1. The molecule has 1 aromatic rings. The number of benzene rings is 1. The third-order valence-corrected chi connectivity index (χ3v) is 3.50. The van der Waals surface area contributed by atoms with Gasteiger partial charge in [-0.05, 0) is 12.5 Å². The number of hydrogen-bond donors (Lipinski definition) is 1. The summed E-state index contributed by atoms with van der Waals surface area (Å²) >= 11 is 0. The maximum atomic E-state index is 14.0. The normalized spacial score (nSPS) is 16.4. The number of carbonyl (C=O) groups excluding carboxylic acids is 1. The molecule has 0 radical (unpaired) electrons. The zero-order valence-electron chi connectivity index (χ0n) is 11.1. The highest BCUT2D eigenvalue weighted by molar-refractivity contribution is 5.73. The standard InChI is InChI=1S/C14H19FN2O2/c1-11(19)16-6-3-7-17(9-8-16)14-12(10-18)4-2-5-13(14)15/h2,4-5,18H,3,6-10H2,1H3. The highest BCUT2D eigenvalue weighted by Gasteiger charge is 2.20. The van der Waals surface area contributed by atoms with Crippen molar-refractivity contribution in [3.8, 4) is 0 Å². The number of carbonyl (C=O) groups is 1. The Hall–Kier alpha value is -1.62. The van der Waals surface area contributed by atoms with Gasteiger partial charge >= 0.3 is 0 Å². The molecule has 0 unspecified atom stereocenters. The number of anilines is 1. The van der Waals surface area contributed by atoms with E-state index in [4.69, 9.17) is 0 Å². The van der Waals surface area contributed by atoms with Crippen LogP contribution in [0.1, 0.15) is 18.9 Å². The van der Waals surface area contributed by atoms with Gasteiger partial charge < -0.3 is 14.9 Å². The first-order chi connectivity index (χ1) is 9.13. The number of para-hydroxylation sites is 1. The first-order valence-electron chi connectivity index (χ1n) is 6.52. The Morgan fingerprint density at radius 2 is 2.11 bits per heavy atom. The van der Waals surface area contributed by atoms with E-state index in [9.17, 15) is 14.3 Å². The van der Waals surface area contributed by atoms with Gasteiger partial charge in [0.15, 0.2) is 0 Å². The summed E-state index contributed by atoms with van der Waals surface area (Å²) in [5, 5.41) is 9.33. The van der Waals surface area contributed by atoms with Gasteiger partial charge in [0, 0.05) is 38.7 Å². The van der Waals surface area contributed by atoms with Crippen LogP contribution in [-0.4, -0.2) is 42.1 Å². The Balaban J connectivity index is 2.21. The molecule has 5 heteroatoms. The van der Waals surface area contributed by atoms with Gasteiger partial charge in [-0.3, -0.25) is 4.79 Å². The van der Waals surface area contributed by atoms with Crippen molar-refractivity contribution in [1.82, 2.24) is 4.90 Å². The van der Waals surface area contributed by atoms with Crippen LogP contribution < -0.4 is 4.90 Å². The minimum Gasteiger partial charge on any atom is -0.392 e. The third kappa shape index (κ3) is 3.04. The quantitative estimate of drug-likeness (QED) is 0.879. The molecule has 1 N–H and O–H groups in total. The van der Waals surface area contributed by atoms with Crippen LogP contribution in [0.5, 0.6) is 0 Å². The van der Waals surface area contributed by atoms with Crippen LogP contribution in [0.4, 0.5) is 10.1 Å². The Labute approximate surface area is 112 Å². The Bertz CT molecular complexity index is 465. The molecule has 0 atom stereocenters. The fourth-order valence-electron chi connectivity index (χ4n) is 2.50. The second-order valence-corrected chi connectivity index (χ2v) is 4.75. The average Bonchev–Trinajstić information content (AvgIpc) is 2.64. The summed E-state index contributed by atoms with van der Waals surface area (Å²) in [6.07, 6.45) is 0.804. The van der Waals surface area contributed by atoms with E-state index in [1.807, 2.05) is 4.90 Å². The molecule has 1 saturated heterocycles. The van der Waals surface area contributed by atoms with Gasteiger partial charge in [-0.2, -0.15) is 0 Å². The van der Waals surface area contributed by atoms with Crippen molar-refractivity contribution >= 4 is 11.6 Å². The van der Waals surface area contributed by atoms with Gasteiger partial charge in [-0.25, -0.2) is 4.39 Å². The maximum absolute atomic E-state index is 14.0. The molecule has 1 heterocycles. The van der Waals surface area contributed by atoms with Crippen molar-refractivity contribution in [3.05, 3.63) is 29.6 Å². The minimum atomic E-state index is -0.317. The van der Waals surface area contributed by atoms with Crippen LogP contribution in [0.25, 0.3) is 0 Å². The number of hydrogen-bond acceptors (Lipinski definition) is 3. The molecule has 0 aliphatic carbocycles. The van der Waals surface area contributed by atoms with Gasteiger partial charge in [0.25, 0.3) is 0 Å². The molecule has 4 nitrogen and oxygen atoms in total. The predicted molar refractivity (Wildman–Crippen MR) is 71.4 cm³/mol. The Morgan fingerprint density at radius 1 is 1.32 bits per heavy atom. The molecule has 1 amide bonds. The van der Waals surface area contributed by atoms with E-state index in [0.29, 0.717) is 37.4 Å². The van der Waals surface area contributed by atoms with E-state index in [1.165, 1.54) is 6.07 Å².